The molecule has 2 aliphatic heterocycles. The molecule has 0 spiro atoms. The lowest BCUT2D eigenvalue weighted by atomic mass is 9.89. The van der Waals surface area contributed by atoms with E-state index >= 15 is 0 Å². The zero-order chi connectivity index (χ0) is 12.7. The van der Waals surface area contributed by atoms with Crippen LogP contribution >= 0.6 is 11.6 Å². The quantitative estimate of drug-likeness (QED) is 0.914. The Hall–Kier alpha value is -1.06. The second-order valence-electron chi connectivity index (χ2n) is 5.24. The van der Waals surface area contributed by atoms with E-state index in [-0.39, 0.29) is 12.0 Å². The van der Waals surface area contributed by atoms with Gasteiger partial charge in [0.2, 0.25) is 0 Å². The lowest BCUT2D eigenvalue weighted by Crippen LogP contribution is -2.32. The molecule has 2 heterocycles. The van der Waals surface area contributed by atoms with E-state index < -0.39 is 5.97 Å². The molecule has 2 fully saturated rings. The van der Waals surface area contributed by atoms with Crippen molar-refractivity contribution in [3.63, 3.8) is 0 Å². The van der Waals surface area contributed by atoms with Crippen LogP contribution in [0.25, 0.3) is 0 Å². The van der Waals surface area contributed by atoms with E-state index in [1.54, 1.807) is 0 Å². The van der Waals surface area contributed by atoms with Crippen molar-refractivity contribution in [3.8, 4) is 0 Å². The number of carboxylic acids is 1. The van der Waals surface area contributed by atoms with E-state index in [1.807, 2.05) is 24.3 Å². The molecule has 0 aliphatic carbocycles. The lowest BCUT2D eigenvalue weighted by Gasteiger charge is -2.23. The minimum absolute atomic E-state index is 0.189. The van der Waals surface area contributed by atoms with Crippen LogP contribution in [-0.2, 0) is 11.3 Å². The predicted molar refractivity (Wildman–Crippen MR) is 69.5 cm³/mol. The molecule has 2 saturated heterocycles. The van der Waals surface area contributed by atoms with Gasteiger partial charge in [-0.25, -0.2) is 0 Å². The Morgan fingerprint density at radius 3 is 2.83 bits per heavy atom. The molecule has 3 rings (SSSR count). The Balaban J connectivity index is 1.79. The average Bonchev–Trinajstić information content (AvgIpc) is 2.89. The fraction of sp³-hybridized carbons (Fsp3) is 0.500. The molecular weight excluding hydrogens is 250 g/mol. The Morgan fingerprint density at radius 2 is 2.17 bits per heavy atom. The number of halogens is 1. The summed E-state index contributed by atoms with van der Waals surface area (Å²) in [5.41, 5.74) is 1.10. The summed E-state index contributed by atoms with van der Waals surface area (Å²) in [4.78, 5) is 13.5. The summed E-state index contributed by atoms with van der Waals surface area (Å²) in [6, 6.07) is 8.44. The van der Waals surface area contributed by atoms with Crippen LogP contribution in [0.5, 0.6) is 0 Å². The monoisotopic (exact) mass is 265 g/mol. The van der Waals surface area contributed by atoms with Crippen molar-refractivity contribution in [2.75, 3.05) is 0 Å². The Bertz CT molecular complexity index is 477. The summed E-state index contributed by atoms with van der Waals surface area (Å²) in [7, 11) is 0. The van der Waals surface area contributed by atoms with Crippen molar-refractivity contribution in [3.05, 3.63) is 34.9 Å². The van der Waals surface area contributed by atoms with Crippen LogP contribution < -0.4 is 0 Å². The van der Waals surface area contributed by atoms with Crippen molar-refractivity contribution in [1.29, 1.82) is 0 Å². The molecule has 0 radical (unpaired) electrons. The van der Waals surface area contributed by atoms with Gasteiger partial charge in [0.1, 0.15) is 0 Å². The summed E-state index contributed by atoms with van der Waals surface area (Å²) in [6.45, 7) is 0.777. The zero-order valence-electron chi connectivity index (χ0n) is 10.1. The Kier molecular flexibility index (Phi) is 3.04. The van der Waals surface area contributed by atoms with Crippen molar-refractivity contribution in [2.24, 2.45) is 5.92 Å². The smallest absolute Gasteiger partial charge is 0.308 e. The number of aliphatic carboxylic acids is 1. The number of rotatable bonds is 3. The maximum Gasteiger partial charge on any atom is 0.308 e. The molecule has 1 aromatic rings. The third-order valence-corrected chi connectivity index (χ3v) is 4.68. The highest BCUT2D eigenvalue weighted by atomic mass is 35.5. The highest BCUT2D eigenvalue weighted by Crippen LogP contribution is 2.43. The first-order valence-corrected chi connectivity index (χ1v) is 6.76. The maximum atomic E-state index is 11.2. The van der Waals surface area contributed by atoms with Crippen LogP contribution in [0.2, 0.25) is 5.02 Å². The van der Waals surface area contributed by atoms with Gasteiger partial charge in [-0.05, 0) is 30.9 Å². The summed E-state index contributed by atoms with van der Waals surface area (Å²) >= 11 is 6.17. The Labute approximate surface area is 111 Å². The molecule has 0 aromatic heterocycles. The third kappa shape index (κ3) is 1.91. The van der Waals surface area contributed by atoms with Gasteiger partial charge in [0.15, 0.2) is 0 Å². The fourth-order valence-corrected chi connectivity index (χ4v) is 3.63. The molecule has 1 aromatic carbocycles. The topological polar surface area (TPSA) is 40.5 Å². The number of hydrogen-bond acceptors (Lipinski definition) is 2. The molecule has 2 aliphatic rings. The summed E-state index contributed by atoms with van der Waals surface area (Å²) in [5, 5.41) is 9.99. The van der Waals surface area contributed by atoms with E-state index in [2.05, 4.69) is 4.90 Å². The second kappa shape index (κ2) is 4.56. The first-order valence-electron chi connectivity index (χ1n) is 6.39. The fourth-order valence-electron chi connectivity index (χ4n) is 3.44. The number of fused-ring (bicyclic) bond motifs is 2. The maximum absolute atomic E-state index is 11.2. The molecule has 3 nitrogen and oxygen atoms in total. The molecule has 3 unspecified atom stereocenters. The van der Waals surface area contributed by atoms with E-state index in [9.17, 15) is 9.90 Å². The van der Waals surface area contributed by atoms with Crippen molar-refractivity contribution < 1.29 is 9.90 Å². The molecule has 1 N–H and O–H groups in total. The molecule has 2 bridgehead atoms. The van der Waals surface area contributed by atoms with Gasteiger partial charge in [0, 0.05) is 23.7 Å². The van der Waals surface area contributed by atoms with Crippen LogP contribution in [0.1, 0.15) is 24.8 Å². The van der Waals surface area contributed by atoms with E-state index in [4.69, 9.17) is 11.6 Å². The number of carboxylic acid groups (broad SMARTS) is 1. The highest BCUT2D eigenvalue weighted by Gasteiger charge is 2.48. The van der Waals surface area contributed by atoms with Gasteiger partial charge in [-0.15, -0.1) is 0 Å². The highest BCUT2D eigenvalue weighted by molar-refractivity contribution is 6.31. The summed E-state index contributed by atoms with van der Waals surface area (Å²) in [6.07, 6.45) is 2.93. The molecule has 4 heteroatoms. The van der Waals surface area contributed by atoms with Gasteiger partial charge >= 0.3 is 5.97 Å². The van der Waals surface area contributed by atoms with E-state index in [0.29, 0.717) is 6.04 Å². The third-order valence-electron chi connectivity index (χ3n) is 4.31. The number of carbonyl (C=O) groups is 1. The number of hydrogen-bond donors (Lipinski definition) is 1. The molecule has 0 amide bonds. The van der Waals surface area contributed by atoms with Gasteiger partial charge in [-0.3, -0.25) is 9.69 Å². The molecule has 3 atom stereocenters. The largest absolute Gasteiger partial charge is 0.481 e. The first-order chi connectivity index (χ1) is 8.66. The summed E-state index contributed by atoms with van der Waals surface area (Å²) in [5.74, 6) is -0.836. The molecule has 96 valence electrons. The van der Waals surface area contributed by atoms with Crippen LogP contribution in [0.4, 0.5) is 0 Å². The van der Waals surface area contributed by atoms with Crippen molar-refractivity contribution in [1.82, 2.24) is 4.90 Å². The molecular formula is C14H16ClNO2. The van der Waals surface area contributed by atoms with Crippen molar-refractivity contribution in [2.45, 2.75) is 37.9 Å². The van der Waals surface area contributed by atoms with Crippen molar-refractivity contribution >= 4 is 17.6 Å². The predicted octanol–water partition coefficient (Wildman–Crippen LogP) is 2.78. The minimum atomic E-state index is -0.647. The Morgan fingerprint density at radius 1 is 1.39 bits per heavy atom. The van der Waals surface area contributed by atoms with Crippen LogP contribution in [-0.4, -0.2) is 28.1 Å². The zero-order valence-corrected chi connectivity index (χ0v) is 10.8. The SMILES string of the molecule is O=C(O)C1CC2CCC1N2Cc1ccccc1Cl. The van der Waals surface area contributed by atoms with Crippen LogP contribution in [0.15, 0.2) is 24.3 Å². The van der Waals surface area contributed by atoms with E-state index in [0.717, 1.165) is 36.4 Å². The normalized spacial score (nSPS) is 30.8. The average molecular weight is 266 g/mol. The number of benzene rings is 1. The minimum Gasteiger partial charge on any atom is -0.481 e. The summed E-state index contributed by atoms with van der Waals surface area (Å²) < 4.78 is 0. The van der Waals surface area contributed by atoms with Gasteiger partial charge in [-0.2, -0.15) is 0 Å². The van der Waals surface area contributed by atoms with E-state index in [1.165, 1.54) is 0 Å². The lowest BCUT2D eigenvalue weighted by molar-refractivity contribution is -0.142. The standard InChI is InChI=1S/C14H16ClNO2/c15-12-4-2-1-3-9(12)8-16-10-5-6-13(16)11(7-10)14(17)18/h1-4,10-11,13H,5-8H2,(H,17,18). The van der Waals surface area contributed by atoms with Gasteiger partial charge in [-0.1, -0.05) is 29.8 Å². The van der Waals surface area contributed by atoms with Gasteiger partial charge in [0.05, 0.1) is 5.92 Å². The van der Waals surface area contributed by atoms with Gasteiger partial charge in [0.25, 0.3) is 0 Å². The number of nitrogens with zero attached hydrogens (tertiary/aromatic N) is 1. The molecule has 18 heavy (non-hydrogen) atoms. The molecule has 0 saturated carbocycles. The second-order valence-corrected chi connectivity index (χ2v) is 5.65. The van der Waals surface area contributed by atoms with Crippen LogP contribution in [0, 0.1) is 5.92 Å². The first kappa shape index (κ1) is 12.0. The van der Waals surface area contributed by atoms with Crippen LogP contribution in [0.3, 0.4) is 0 Å². The van der Waals surface area contributed by atoms with Gasteiger partial charge < -0.3 is 5.11 Å².